The number of para-hydroxylation sites is 1. The second kappa shape index (κ2) is 6.34. The third-order valence-electron chi connectivity index (χ3n) is 4.78. The van der Waals surface area contributed by atoms with E-state index in [1.807, 2.05) is 0 Å². The molecule has 1 aliphatic heterocycles. The number of benzene rings is 1. The number of aryl methyl sites for hydroxylation is 1. The molecular weight excluding hydrogens is 300 g/mol. The summed E-state index contributed by atoms with van der Waals surface area (Å²) in [7, 11) is 0. The average Bonchev–Trinajstić information content (AvgIpc) is 2.50. The highest BCUT2D eigenvalue weighted by Crippen LogP contribution is 2.42. The molecule has 1 heterocycles. The standard InChI is InChI=1S/C18H28N6/c1-12(2)21-15-13(3)8-7-9-14(15)24-17(20)22-16(19)23-18(24)10-5-4-6-11-18/h7-9,12,21H,4-6,10-11H2,1-3H3,(H4,19,20,22,23). The quantitative estimate of drug-likeness (QED) is 0.795. The molecule has 2 aliphatic rings. The number of nitrogens with zero attached hydrogens (tertiary/aromatic N) is 3. The van der Waals surface area contributed by atoms with E-state index >= 15 is 0 Å². The highest BCUT2D eigenvalue weighted by atomic mass is 15.4. The van der Waals surface area contributed by atoms with Gasteiger partial charge in [0.05, 0.1) is 11.4 Å². The van der Waals surface area contributed by atoms with Crippen molar-refractivity contribution in [3.63, 3.8) is 0 Å². The SMILES string of the molecule is Cc1cccc(N2C(N)=NC(N)=NC23CCCCC3)c1NC(C)C. The third kappa shape index (κ3) is 2.92. The predicted molar refractivity (Wildman–Crippen MR) is 101 cm³/mol. The summed E-state index contributed by atoms with van der Waals surface area (Å²) < 4.78 is 0. The molecule has 0 radical (unpaired) electrons. The van der Waals surface area contributed by atoms with Gasteiger partial charge in [-0.3, -0.25) is 4.90 Å². The van der Waals surface area contributed by atoms with Gasteiger partial charge in [-0.15, -0.1) is 0 Å². The largest absolute Gasteiger partial charge is 0.381 e. The van der Waals surface area contributed by atoms with Crippen LogP contribution >= 0.6 is 0 Å². The van der Waals surface area contributed by atoms with Crippen molar-refractivity contribution >= 4 is 23.3 Å². The second-order valence-corrected chi connectivity index (χ2v) is 7.09. The van der Waals surface area contributed by atoms with Gasteiger partial charge in [0.2, 0.25) is 11.9 Å². The average molecular weight is 328 g/mol. The molecule has 1 aliphatic carbocycles. The van der Waals surface area contributed by atoms with Crippen LogP contribution in [0.15, 0.2) is 28.2 Å². The zero-order chi connectivity index (χ0) is 17.3. The Morgan fingerprint density at radius 2 is 1.88 bits per heavy atom. The van der Waals surface area contributed by atoms with Gasteiger partial charge in [0, 0.05) is 6.04 Å². The van der Waals surface area contributed by atoms with Gasteiger partial charge in [-0.05, 0) is 58.1 Å². The number of rotatable bonds is 3. The number of guanidine groups is 2. The molecule has 6 heteroatoms. The monoisotopic (exact) mass is 328 g/mol. The Bertz CT molecular complexity index is 670. The van der Waals surface area contributed by atoms with E-state index in [4.69, 9.17) is 16.5 Å². The van der Waals surface area contributed by atoms with Crippen LogP contribution in [-0.4, -0.2) is 23.6 Å². The van der Waals surface area contributed by atoms with E-state index in [0.29, 0.717) is 12.0 Å². The highest BCUT2D eigenvalue weighted by molar-refractivity contribution is 6.07. The van der Waals surface area contributed by atoms with E-state index in [0.717, 1.165) is 37.1 Å². The molecule has 5 N–H and O–H groups in total. The van der Waals surface area contributed by atoms with E-state index in [1.54, 1.807) is 0 Å². The van der Waals surface area contributed by atoms with Gasteiger partial charge in [-0.25, -0.2) is 4.99 Å². The van der Waals surface area contributed by atoms with Gasteiger partial charge >= 0.3 is 0 Å². The number of anilines is 2. The summed E-state index contributed by atoms with van der Waals surface area (Å²) in [6.45, 7) is 6.38. The van der Waals surface area contributed by atoms with E-state index in [-0.39, 0.29) is 5.96 Å². The predicted octanol–water partition coefficient (Wildman–Crippen LogP) is 2.93. The normalized spacial score (nSPS) is 20.1. The Morgan fingerprint density at radius 1 is 1.17 bits per heavy atom. The Morgan fingerprint density at radius 3 is 2.54 bits per heavy atom. The smallest absolute Gasteiger partial charge is 0.220 e. The Hall–Kier alpha value is -2.24. The van der Waals surface area contributed by atoms with Crippen LogP contribution < -0.4 is 21.7 Å². The van der Waals surface area contributed by atoms with Crippen LogP contribution in [0.3, 0.4) is 0 Å². The van der Waals surface area contributed by atoms with Crippen LogP contribution in [-0.2, 0) is 0 Å². The molecule has 6 nitrogen and oxygen atoms in total. The van der Waals surface area contributed by atoms with Crippen molar-refractivity contribution in [1.82, 2.24) is 0 Å². The maximum Gasteiger partial charge on any atom is 0.220 e. The molecule has 24 heavy (non-hydrogen) atoms. The van der Waals surface area contributed by atoms with Crippen LogP contribution in [0.5, 0.6) is 0 Å². The lowest BCUT2D eigenvalue weighted by Crippen LogP contribution is -2.58. The van der Waals surface area contributed by atoms with Gasteiger partial charge in [0.15, 0.2) is 0 Å². The Balaban J connectivity index is 2.12. The number of hydrogen-bond donors (Lipinski definition) is 3. The zero-order valence-electron chi connectivity index (χ0n) is 14.8. The molecule has 0 saturated heterocycles. The first kappa shape index (κ1) is 16.6. The van der Waals surface area contributed by atoms with Crippen LogP contribution in [0.25, 0.3) is 0 Å². The summed E-state index contributed by atoms with van der Waals surface area (Å²) in [5.74, 6) is 0.721. The second-order valence-electron chi connectivity index (χ2n) is 7.09. The minimum atomic E-state index is -0.407. The summed E-state index contributed by atoms with van der Waals surface area (Å²) in [5.41, 5.74) is 15.2. The molecule has 1 fully saturated rings. The van der Waals surface area contributed by atoms with E-state index in [2.05, 4.69) is 54.2 Å². The molecule has 3 rings (SSSR count). The molecule has 1 spiro atoms. The van der Waals surface area contributed by atoms with E-state index in [1.165, 1.54) is 12.0 Å². The van der Waals surface area contributed by atoms with Gasteiger partial charge in [-0.1, -0.05) is 18.6 Å². The van der Waals surface area contributed by atoms with Crippen molar-refractivity contribution in [3.05, 3.63) is 23.8 Å². The summed E-state index contributed by atoms with van der Waals surface area (Å²) in [5, 5.41) is 3.56. The lowest BCUT2D eigenvalue weighted by atomic mass is 9.87. The van der Waals surface area contributed by atoms with Gasteiger partial charge in [0.25, 0.3) is 0 Å². The minimum Gasteiger partial charge on any atom is -0.381 e. The zero-order valence-corrected chi connectivity index (χ0v) is 14.8. The van der Waals surface area contributed by atoms with Gasteiger partial charge in [0.1, 0.15) is 5.66 Å². The number of nitrogens with two attached hydrogens (primary N) is 2. The molecule has 1 aromatic rings. The fourth-order valence-corrected chi connectivity index (χ4v) is 3.78. The Kier molecular flexibility index (Phi) is 4.39. The fourth-order valence-electron chi connectivity index (χ4n) is 3.78. The highest BCUT2D eigenvalue weighted by Gasteiger charge is 2.43. The van der Waals surface area contributed by atoms with Crippen LogP contribution in [0.2, 0.25) is 0 Å². The van der Waals surface area contributed by atoms with Crippen LogP contribution in [0, 0.1) is 6.92 Å². The number of aliphatic imine (C=N–C) groups is 2. The minimum absolute atomic E-state index is 0.289. The summed E-state index contributed by atoms with van der Waals surface area (Å²) in [4.78, 5) is 11.1. The molecular formula is C18H28N6. The van der Waals surface area contributed by atoms with E-state index in [9.17, 15) is 0 Å². The summed E-state index contributed by atoms with van der Waals surface area (Å²) in [6, 6.07) is 6.58. The van der Waals surface area contributed by atoms with Crippen molar-refractivity contribution < 1.29 is 0 Å². The van der Waals surface area contributed by atoms with Crippen molar-refractivity contribution in [2.24, 2.45) is 21.5 Å². The molecule has 0 bridgehead atoms. The molecule has 0 unspecified atom stereocenters. The number of hydrogen-bond acceptors (Lipinski definition) is 6. The summed E-state index contributed by atoms with van der Waals surface area (Å²) in [6.07, 6.45) is 5.36. The third-order valence-corrected chi connectivity index (χ3v) is 4.78. The lowest BCUT2D eigenvalue weighted by Gasteiger charge is -2.46. The maximum atomic E-state index is 6.34. The van der Waals surface area contributed by atoms with E-state index < -0.39 is 5.66 Å². The molecule has 0 amide bonds. The first-order chi connectivity index (χ1) is 11.4. The van der Waals surface area contributed by atoms with Crippen LogP contribution in [0.4, 0.5) is 11.4 Å². The lowest BCUT2D eigenvalue weighted by molar-refractivity contribution is 0.305. The molecule has 1 saturated carbocycles. The van der Waals surface area contributed by atoms with Crippen LogP contribution in [0.1, 0.15) is 51.5 Å². The summed E-state index contributed by atoms with van der Waals surface area (Å²) >= 11 is 0. The molecule has 1 aromatic carbocycles. The first-order valence-electron chi connectivity index (χ1n) is 8.79. The van der Waals surface area contributed by atoms with Crippen molar-refractivity contribution in [2.75, 3.05) is 10.2 Å². The Labute approximate surface area is 144 Å². The molecule has 0 aromatic heterocycles. The van der Waals surface area contributed by atoms with Gasteiger partial charge < -0.3 is 16.8 Å². The topological polar surface area (TPSA) is 92.0 Å². The van der Waals surface area contributed by atoms with Crippen molar-refractivity contribution in [1.29, 1.82) is 0 Å². The molecule has 0 atom stereocenters. The first-order valence-corrected chi connectivity index (χ1v) is 8.79. The van der Waals surface area contributed by atoms with Gasteiger partial charge in [-0.2, -0.15) is 4.99 Å². The maximum absolute atomic E-state index is 6.34. The van der Waals surface area contributed by atoms with Crippen molar-refractivity contribution in [3.8, 4) is 0 Å². The number of nitrogens with one attached hydrogen (secondary N) is 1. The molecule has 130 valence electrons. The fraction of sp³-hybridized carbons (Fsp3) is 0.556. The van der Waals surface area contributed by atoms with Crippen molar-refractivity contribution in [2.45, 2.75) is 64.6 Å².